The second-order valence-corrected chi connectivity index (χ2v) is 16.5. The van der Waals surface area contributed by atoms with Crippen molar-refractivity contribution < 1.29 is 0 Å². The lowest BCUT2D eigenvalue weighted by molar-refractivity contribution is 0.661. The van der Waals surface area contributed by atoms with Crippen molar-refractivity contribution in [2.45, 2.75) is 19.3 Å². The highest BCUT2D eigenvalue weighted by Crippen LogP contribution is 2.54. The largest absolute Gasteiger partial charge is 0.0622 e. The zero-order valence-corrected chi connectivity index (χ0v) is 33.3. The topological polar surface area (TPSA) is 0 Å². The number of benzene rings is 10. The van der Waals surface area contributed by atoms with Crippen LogP contribution in [0.5, 0.6) is 0 Å². The second kappa shape index (κ2) is 14.0. The molecule has 0 atom stereocenters. The van der Waals surface area contributed by atoms with Gasteiger partial charge in [-0.3, -0.25) is 0 Å². The molecule has 0 radical (unpaired) electrons. The van der Waals surface area contributed by atoms with Crippen molar-refractivity contribution in [1.29, 1.82) is 0 Å². The van der Waals surface area contributed by atoms with Crippen molar-refractivity contribution in [2.75, 3.05) is 0 Å². The predicted molar refractivity (Wildman–Crippen MR) is 252 cm³/mol. The van der Waals surface area contributed by atoms with Gasteiger partial charge in [0.1, 0.15) is 0 Å². The summed E-state index contributed by atoms with van der Waals surface area (Å²) in [5, 5.41) is 5.10. The zero-order valence-electron chi connectivity index (χ0n) is 33.3. The minimum absolute atomic E-state index is 0.205. The van der Waals surface area contributed by atoms with Crippen LogP contribution in [-0.4, -0.2) is 0 Å². The molecular formula is C59H42. The summed E-state index contributed by atoms with van der Waals surface area (Å²) in [4.78, 5) is 0. The molecule has 1 aliphatic rings. The lowest BCUT2D eigenvalue weighted by Crippen LogP contribution is -2.15. The maximum Gasteiger partial charge on any atom is 0.0159 e. The van der Waals surface area contributed by atoms with Gasteiger partial charge in [-0.1, -0.05) is 208 Å². The highest BCUT2D eigenvalue weighted by Gasteiger charge is 2.37. The van der Waals surface area contributed by atoms with Gasteiger partial charge >= 0.3 is 0 Å². The third-order valence-corrected chi connectivity index (χ3v) is 12.7. The molecule has 0 N–H and O–H groups in total. The first-order valence-corrected chi connectivity index (χ1v) is 20.7. The van der Waals surface area contributed by atoms with Crippen LogP contribution in [0.15, 0.2) is 218 Å². The molecule has 1 aliphatic carbocycles. The minimum atomic E-state index is -0.205. The van der Waals surface area contributed by atoms with Crippen LogP contribution in [0.4, 0.5) is 0 Å². The van der Waals surface area contributed by atoms with Crippen LogP contribution in [0, 0.1) is 0 Å². The fourth-order valence-electron chi connectivity index (χ4n) is 9.63. The summed E-state index contributed by atoms with van der Waals surface area (Å²) >= 11 is 0. The van der Waals surface area contributed by atoms with Gasteiger partial charge in [0.15, 0.2) is 0 Å². The van der Waals surface area contributed by atoms with Gasteiger partial charge in [0.05, 0.1) is 0 Å². The van der Waals surface area contributed by atoms with E-state index >= 15 is 0 Å². The summed E-state index contributed by atoms with van der Waals surface area (Å²) in [7, 11) is 0. The van der Waals surface area contributed by atoms with Gasteiger partial charge in [0.2, 0.25) is 0 Å². The first-order chi connectivity index (χ1) is 29.0. The lowest BCUT2D eigenvalue weighted by atomic mass is 9.79. The number of fused-ring (bicyclic) bond motifs is 5. The Hall–Kier alpha value is -7.28. The Morgan fingerprint density at radius 2 is 0.593 bits per heavy atom. The molecular weight excluding hydrogens is 709 g/mol. The SMILES string of the molecule is CC1(C)c2cc(-c3cccc(-c4ccccc4)c3)ccc2-c2cc3c(-c4ccc(-c5ccccc5)cc4)c4ccccc4c(-c4ccc(-c5ccccc5)cc4)c3cc21. The molecule has 0 bridgehead atoms. The van der Waals surface area contributed by atoms with Gasteiger partial charge in [-0.25, -0.2) is 0 Å². The number of rotatable bonds is 6. The Morgan fingerprint density at radius 3 is 1.12 bits per heavy atom. The molecule has 10 aromatic carbocycles. The number of hydrogen-bond acceptors (Lipinski definition) is 0. The number of hydrogen-bond donors (Lipinski definition) is 0. The Labute approximate surface area is 346 Å². The van der Waals surface area contributed by atoms with E-state index in [0.29, 0.717) is 0 Å². The molecule has 0 heteroatoms. The van der Waals surface area contributed by atoms with Gasteiger partial charge in [-0.2, -0.15) is 0 Å². The van der Waals surface area contributed by atoms with Gasteiger partial charge in [0, 0.05) is 5.41 Å². The van der Waals surface area contributed by atoms with E-state index in [9.17, 15) is 0 Å². The molecule has 0 amide bonds. The molecule has 11 rings (SSSR count). The van der Waals surface area contributed by atoms with E-state index in [-0.39, 0.29) is 5.41 Å². The van der Waals surface area contributed by atoms with Crippen LogP contribution >= 0.6 is 0 Å². The summed E-state index contributed by atoms with van der Waals surface area (Å²) in [5.41, 5.74) is 20.1. The molecule has 0 nitrogen and oxygen atoms in total. The highest BCUT2D eigenvalue weighted by molar-refractivity contribution is 6.22. The molecule has 0 fully saturated rings. The van der Waals surface area contributed by atoms with Crippen LogP contribution in [0.1, 0.15) is 25.0 Å². The fraction of sp³-hybridized carbons (Fsp3) is 0.0508. The maximum absolute atomic E-state index is 2.54. The van der Waals surface area contributed by atoms with E-state index in [0.717, 1.165) is 0 Å². The van der Waals surface area contributed by atoms with E-state index in [4.69, 9.17) is 0 Å². The zero-order chi connectivity index (χ0) is 39.5. The predicted octanol–water partition coefficient (Wildman–Crippen LogP) is 16.3. The molecule has 0 spiro atoms. The Balaban J connectivity index is 1.13. The van der Waals surface area contributed by atoms with Crippen molar-refractivity contribution >= 4 is 21.5 Å². The molecule has 0 heterocycles. The molecule has 59 heavy (non-hydrogen) atoms. The summed E-state index contributed by atoms with van der Waals surface area (Å²) < 4.78 is 0. The molecule has 0 saturated carbocycles. The van der Waals surface area contributed by atoms with Crippen LogP contribution in [0.3, 0.4) is 0 Å². The molecule has 0 unspecified atom stereocenters. The first-order valence-electron chi connectivity index (χ1n) is 20.7. The second-order valence-electron chi connectivity index (χ2n) is 16.5. The summed E-state index contributed by atoms with van der Waals surface area (Å²) in [6.45, 7) is 4.82. The Bertz CT molecular complexity index is 3170. The highest BCUT2D eigenvalue weighted by atomic mass is 14.4. The fourth-order valence-corrected chi connectivity index (χ4v) is 9.63. The van der Waals surface area contributed by atoms with Gasteiger partial charge < -0.3 is 0 Å². The van der Waals surface area contributed by atoms with Crippen molar-refractivity contribution in [2.24, 2.45) is 0 Å². The Morgan fingerprint density at radius 1 is 0.237 bits per heavy atom. The standard InChI is InChI=1S/C59H42/c1-59(2)55-36-48(47-22-14-21-46(35-47)41-19-10-5-11-20-41)33-34-49(55)52-37-53-54(38-56(52)59)58(45-31-27-43(28-32-45)40-17-8-4-9-18-40)51-24-13-12-23-50(51)57(53)44-29-25-42(26-30-44)39-15-6-3-7-16-39/h3-38H,1-2H3. The molecule has 0 aliphatic heterocycles. The molecule has 10 aromatic rings. The van der Waals surface area contributed by atoms with Crippen LogP contribution in [0.25, 0.3) is 99.4 Å². The Kier molecular flexibility index (Phi) is 8.27. The first kappa shape index (κ1) is 34.9. The normalized spacial score (nSPS) is 12.7. The minimum Gasteiger partial charge on any atom is -0.0622 e. The third-order valence-electron chi connectivity index (χ3n) is 12.7. The van der Waals surface area contributed by atoms with Crippen molar-refractivity contribution in [1.82, 2.24) is 0 Å². The maximum atomic E-state index is 2.54. The van der Waals surface area contributed by atoms with E-state index in [1.165, 1.54) is 111 Å². The van der Waals surface area contributed by atoms with E-state index < -0.39 is 0 Å². The van der Waals surface area contributed by atoms with E-state index in [1.54, 1.807) is 0 Å². The van der Waals surface area contributed by atoms with Crippen molar-refractivity contribution in [3.8, 4) is 77.9 Å². The monoisotopic (exact) mass is 750 g/mol. The summed E-state index contributed by atoms with van der Waals surface area (Å²) in [6.07, 6.45) is 0. The molecule has 0 saturated heterocycles. The lowest BCUT2D eigenvalue weighted by Gasteiger charge is -2.24. The van der Waals surface area contributed by atoms with Gasteiger partial charge in [-0.15, -0.1) is 0 Å². The van der Waals surface area contributed by atoms with Crippen LogP contribution < -0.4 is 0 Å². The average molecular weight is 751 g/mol. The van der Waals surface area contributed by atoms with Crippen molar-refractivity contribution in [3.05, 3.63) is 230 Å². The van der Waals surface area contributed by atoms with E-state index in [1.807, 2.05) is 0 Å². The van der Waals surface area contributed by atoms with Crippen LogP contribution in [-0.2, 0) is 5.41 Å². The van der Waals surface area contributed by atoms with Gasteiger partial charge in [-0.05, 0) is 135 Å². The third kappa shape index (κ3) is 5.91. The summed E-state index contributed by atoms with van der Waals surface area (Å²) in [6, 6.07) is 80.6. The quantitative estimate of drug-likeness (QED) is 0.149. The average Bonchev–Trinajstić information content (AvgIpc) is 3.52. The van der Waals surface area contributed by atoms with Crippen molar-refractivity contribution in [3.63, 3.8) is 0 Å². The van der Waals surface area contributed by atoms with E-state index in [2.05, 4.69) is 232 Å². The molecule has 278 valence electrons. The van der Waals surface area contributed by atoms with Gasteiger partial charge in [0.25, 0.3) is 0 Å². The molecule has 0 aromatic heterocycles. The smallest absolute Gasteiger partial charge is 0.0159 e. The van der Waals surface area contributed by atoms with Crippen LogP contribution in [0.2, 0.25) is 0 Å². The summed E-state index contributed by atoms with van der Waals surface area (Å²) in [5.74, 6) is 0.